The lowest BCUT2D eigenvalue weighted by Gasteiger charge is -2.36. The van der Waals surface area contributed by atoms with E-state index in [9.17, 15) is 4.39 Å². The monoisotopic (exact) mass is 408 g/mol. The molecular formula is C24H25FN2O3. The minimum absolute atomic E-state index is 0.116. The lowest BCUT2D eigenvalue weighted by molar-refractivity contribution is -0.0630. The highest BCUT2D eigenvalue weighted by molar-refractivity contribution is 5.86. The Bertz CT molecular complexity index is 1080. The van der Waals surface area contributed by atoms with Crippen LogP contribution in [0.5, 0.6) is 11.5 Å². The van der Waals surface area contributed by atoms with Crippen LogP contribution in [0, 0.1) is 5.82 Å². The standard InChI is InChI=1S/C24H25FN2O3/c1-24(2)12-19(7-8-30-24)26-13-17-9-16-10-21-22(29-14-28-21)11-20(16)27-23(17)15-3-5-18(25)6-4-15/h3-6,9-11,19,26H,7-8,12-14H2,1-2H3/t19-/m0/s1. The molecule has 0 aliphatic carbocycles. The second-order valence-corrected chi connectivity index (χ2v) is 8.58. The van der Waals surface area contributed by atoms with E-state index in [0.29, 0.717) is 18.3 Å². The molecule has 2 aliphatic heterocycles. The number of aromatic nitrogens is 1. The Kier molecular flexibility index (Phi) is 4.83. The molecule has 6 heteroatoms. The maximum Gasteiger partial charge on any atom is 0.231 e. The largest absolute Gasteiger partial charge is 0.454 e. The molecule has 1 atom stereocenters. The van der Waals surface area contributed by atoms with Crippen molar-refractivity contribution in [1.29, 1.82) is 0 Å². The lowest BCUT2D eigenvalue weighted by Crippen LogP contribution is -2.43. The van der Waals surface area contributed by atoms with Crippen LogP contribution < -0.4 is 14.8 Å². The molecular weight excluding hydrogens is 383 g/mol. The molecule has 0 radical (unpaired) electrons. The lowest BCUT2D eigenvalue weighted by atomic mass is 9.93. The summed E-state index contributed by atoms with van der Waals surface area (Å²) in [5.74, 6) is 1.19. The Morgan fingerprint density at radius 2 is 1.87 bits per heavy atom. The molecule has 2 aliphatic rings. The van der Waals surface area contributed by atoms with Crippen molar-refractivity contribution < 1.29 is 18.6 Å². The molecule has 30 heavy (non-hydrogen) atoms. The summed E-state index contributed by atoms with van der Waals surface area (Å²) in [7, 11) is 0. The number of hydrogen-bond acceptors (Lipinski definition) is 5. The molecule has 1 aromatic heterocycles. The van der Waals surface area contributed by atoms with Gasteiger partial charge in [0, 0.05) is 36.2 Å². The molecule has 0 bridgehead atoms. The van der Waals surface area contributed by atoms with Gasteiger partial charge in [0.05, 0.1) is 16.8 Å². The summed E-state index contributed by atoms with van der Waals surface area (Å²) >= 11 is 0. The van der Waals surface area contributed by atoms with Crippen LogP contribution in [0.1, 0.15) is 32.3 Å². The second-order valence-electron chi connectivity index (χ2n) is 8.58. The van der Waals surface area contributed by atoms with Crippen LogP contribution >= 0.6 is 0 Å². The summed E-state index contributed by atoms with van der Waals surface area (Å²) in [5.41, 5.74) is 3.52. The summed E-state index contributed by atoms with van der Waals surface area (Å²) in [6.07, 6.45) is 1.94. The van der Waals surface area contributed by atoms with Crippen LogP contribution in [0.15, 0.2) is 42.5 Å². The molecule has 156 valence electrons. The van der Waals surface area contributed by atoms with E-state index in [-0.39, 0.29) is 18.2 Å². The second kappa shape index (κ2) is 7.52. The van der Waals surface area contributed by atoms with Crippen LogP contribution in [0.3, 0.4) is 0 Å². The van der Waals surface area contributed by atoms with Gasteiger partial charge in [-0.3, -0.25) is 0 Å². The highest BCUT2D eigenvalue weighted by Gasteiger charge is 2.28. The predicted octanol–water partition coefficient (Wildman–Crippen LogP) is 4.82. The number of fused-ring (bicyclic) bond motifs is 2. The molecule has 0 unspecified atom stereocenters. The van der Waals surface area contributed by atoms with Crippen molar-refractivity contribution in [1.82, 2.24) is 10.3 Å². The number of nitrogens with one attached hydrogen (secondary N) is 1. The first-order valence-electron chi connectivity index (χ1n) is 10.3. The zero-order chi connectivity index (χ0) is 20.7. The van der Waals surface area contributed by atoms with Crippen molar-refractivity contribution in [3.05, 3.63) is 53.8 Å². The van der Waals surface area contributed by atoms with E-state index >= 15 is 0 Å². The van der Waals surface area contributed by atoms with Gasteiger partial charge in [-0.2, -0.15) is 0 Å². The average Bonchev–Trinajstić information content (AvgIpc) is 3.17. The minimum Gasteiger partial charge on any atom is -0.454 e. The van der Waals surface area contributed by atoms with Crippen LogP contribution in [0.2, 0.25) is 0 Å². The Morgan fingerprint density at radius 1 is 1.10 bits per heavy atom. The maximum absolute atomic E-state index is 13.5. The third kappa shape index (κ3) is 3.85. The first-order chi connectivity index (χ1) is 14.5. The normalized spacial score (nSPS) is 19.9. The summed E-state index contributed by atoms with van der Waals surface area (Å²) in [5, 5.41) is 4.68. The number of rotatable bonds is 4. The van der Waals surface area contributed by atoms with Crippen LogP contribution in [-0.4, -0.2) is 30.0 Å². The van der Waals surface area contributed by atoms with E-state index in [1.807, 2.05) is 12.1 Å². The van der Waals surface area contributed by atoms with Crippen molar-refractivity contribution in [3.63, 3.8) is 0 Å². The SMILES string of the molecule is CC1(C)C[C@@H](NCc2cc3cc4c(cc3nc2-c2ccc(F)cc2)OCO4)CCO1. The number of hydrogen-bond donors (Lipinski definition) is 1. The van der Waals surface area contributed by atoms with E-state index in [4.69, 9.17) is 19.2 Å². The molecule has 3 aromatic rings. The van der Waals surface area contributed by atoms with Crippen molar-refractivity contribution in [2.45, 2.75) is 44.9 Å². The highest BCUT2D eigenvalue weighted by atomic mass is 19.1. The molecule has 1 saturated heterocycles. The fourth-order valence-electron chi connectivity index (χ4n) is 4.26. The van der Waals surface area contributed by atoms with E-state index in [2.05, 4.69) is 25.2 Å². The molecule has 3 heterocycles. The van der Waals surface area contributed by atoms with Crippen molar-refractivity contribution in [2.75, 3.05) is 13.4 Å². The molecule has 1 N–H and O–H groups in total. The molecule has 2 aromatic carbocycles. The van der Waals surface area contributed by atoms with Crippen molar-refractivity contribution in [3.8, 4) is 22.8 Å². The van der Waals surface area contributed by atoms with Crippen molar-refractivity contribution >= 4 is 10.9 Å². The van der Waals surface area contributed by atoms with Gasteiger partial charge >= 0.3 is 0 Å². The highest BCUT2D eigenvalue weighted by Crippen LogP contribution is 2.37. The molecule has 1 fully saturated rings. The molecule has 5 nitrogen and oxygen atoms in total. The third-order valence-corrected chi connectivity index (χ3v) is 5.78. The smallest absolute Gasteiger partial charge is 0.231 e. The molecule has 0 spiro atoms. The van der Waals surface area contributed by atoms with Crippen LogP contribution in [0.25, 0.3) is 22.2 Å². The molecule has 0 amide bonds. The number of pyridine rings is 1. The summed E-state index contributed by atoms with van der Waals surface area (Å²) in [4.78, 5) is 4.92. The van der Waals surface area contributed by atoms with Crippen molar-refractivity contribution in [2.24, 2.45) is 0 Å². The number of halogens is 1. The van der Waals surface area contributed by atoms with E-state index in [1.54, 1.807) is 12.1 Å². The number of nitrogens with zero attached hydrogens (tertiary/aromatic N) is 1. The zero-order valence-corrected chi connectivity index (χ0v) is 17.2. The van der Waals surface area contributed by atoms with Gasteiger partial charge in [0.15, 0.2) is 11.5 Å². The minimum atomic E-state index is -0.257. The van der Waals surface area contributed by atoms with Gasteiger partial charge in [-0.05, 0) is 68.7 Å². The zero-order valence-electron chi connectivity index (χ0n) is 17.2. The topological polar surface area (TPSA) is 52.6 Å². The van der Waals surface area contributed by atoms with Crippen LogP contribution in [-0.2, 0) is 11.3 Å². The Balaban J connectivity index is 1.51. The fraction of sp³-hybridized carbons (Fsp3) is 0.375. The van der Waals surface area contributed by atoms with Gasteiger partial charge in [-0.1, -0.05) is 0 Å². The van der Waals surface area contributed by atoms with Gasteiger partial charge in [-0.25, -0.2) is 9.37 Å². The average molecular weight is 408 g/mol. The van der Waals surface area contributed by atoms with E-state index < -0.39 is 0 Å². The van der Waals surface area contributed by atoms with E-state index in [0.717, 1.165) is 52.9 Å². The van der Waals surface area contributed by atoms with Gasteiger partial charge in [0.25, 0.3) is 0 Å². The summed E-state index contributed by atoms with van der Waals surface area (Å²) in [6.45, 7) is 5.92. The predicted molar refractivity (Wildman–Crippen MR) is 113 cm³/mol. The fourth-order valence-corrected chi connectivity index (χ4v) is 4.26. The maximum atomic E-state index is 13.5. The molecule has 0 saturated carbocycles. The molecule has 5 rings (SSSR count). The first kappa shape index (κ1) is 19.3. The Labute approximate surface area is 175 Å². The quantitative estimate of drug-likeness (QED) is 0.671. The summed E-state index contributed by atoms with van der Waals surface area (Å²) in [6, 6.07) is 12.9. The van der Waals surface area contributed by atoms with Gasteiger partial charge in [-0.15, -0.1) is 0 Å². The summed E-state index contributed by atoms with van der Waals surface area (Å²) < 4.78 is 30.4. The van der Waals surface area contributed by atoms with Gasteiger partial charge in [0.2, 0.25) is 6.79 Å². The third-order valence-electron chi connectivity index (χ3n) is 5.78. The Morgan fingerprint density at radius 3 is 2.63 bits per heavy atom. The Hall–Kier alpha value is -2.70. The number of ether oxygens (including phenoxy) is 3. The first-order valence-corrected chi connectivity index (χ1v) is 10.3. The van der Waals surface area contributed by atoms with Gasteiger partial charge < -0.3 is 19.5 Å². The van der Waals surface area contributed by atoms with Gasteiger partial charge in [0.1, 0.15) is 5.82 Å². The van der Waals surface area contributed by atoms with E-state index in [1.165, 1.54) is 12.1 Å². The number of benzene rings is 2. The van der Waals surface area contributed by atoms with Crippen LogP contribution in [0.4, 0.5) is 4.39 Å².